The highest BCUT2D eigenvalue weighted by Crippen LogP contribution is 2.23. The molecular formula is C13H19N3O2. The number of likely N-dealkylation sites (tertiary alicyclic amines) is 1. The Labute approximate surface area is 107 Å². The molecule has 1 fully saturated rings. The maximum absolute atomic E-state index is 11.3. The molecule has 0 bridgehead atoms. The Kier molecular flexibility index (Phi) is 3.72. The number of rotatable bonds is 4. The first-order valence-corrected chi connectivity index (χ1v) is 6.07. The molecule has 1 atom stereocenters. The zero-order chi connectivity index (χ0) is 13.1. The average Bonchev–Trinajstić information content (AvgIpc) is 2.76. The number of hydrogen-bond donors (Lipinski definition) is 2. The highest BCUT2D eigenvalue weighted by molar-refractivity contribution is 5.80. The van der Waals surface area contributed by atoms with Gasteiger partial charge in [0, 0.05) is 18.3 Å². The summed E-state index contributed by atoms with van der Waals surface area (Å²) in [7, 11) is 1.61. The molecule has 1 aromatic carbocycles. The molecule has 0 aromatic heterocycles. The van der Waals surface area contributed by atoms with Gasteiger partial charge in [0.15, 0.2) is 0 Å². The van der Waals surface area contributed by atoms with Crippen molar-refractivity contribution in [2.45, 2.75) is 25.4 Å². The van der Waals surface area contributed by atoms with Crippen molar-refractivity contribution < 1.29 is 9.53 Å². The van der Waals surface area contributed by atoms with Gasteiger partial charge in [0.2, 0.25) is 5.91 Å². The lowest BCUT2D eigenvalue weighted by atomic mass is 10.1. The van der Waals surface area contributed by atoms with Crippen LogP contribution in [0.5, 0.6) is 5.75 Å². The Bertz CT molecular complexity index is 448. The van der Waals surface area contributed by atoms with E-state index in [0.29, 0.717) is 12.2 Å². The van der Waals surface area contributed by atoms with Gasteiger partial charge in [0.05, 0.1) is 13.2 Å². The van der Waals surface area contributed by atoms with E-state index in [1.54, 1.807) is 13.2 Å². The SMILES string of the molecule is COc1cc(N)cc(CN2CCCC2C(N)=O)c1. The van der Waals surface area contributed by atoms with E-state index in [4.69, 9.17) is 16.2 Å². The summed E-state index contributed by atoms with van der Waals surface area (Å²) in [4.78, 5) is 13.4. The monoisotopic (exact) mass is 249 g/mol. The third-order valence-corrected chi connectivity index (χ3v) is 3.30. The van der Waals surface area contributed by atoms with E-state index >= 15 is 0 Å². The Hall–Kier alpha value is -1.75. The van der Waals surface area contributed by atoms with Crippen LogP contribution < -0.4 is 16.2 Å². The van der Waals surface area contributed by atoms with Crippen LogP contribution in [0.15, 0.2) is 18.2 Å². The Balaban J connectivity index is 2.13. The number of nitrogens with zero attached hydrogens (tertiary/aromatic N) is 1. The topological polar surface area (TPSA) is 81.6 Å². The second-order valence-electron chi connectivity index (χ2n) is 4.65. The van der Waals surface area contributed by atoms with Gasteiger partial charge in [-0.2, -0.15) is 0 Å². The van der Waals surface area contributed by atoms with Gasteiger partial charge >= 0.3 is 0 Å². The number of benzene rings is 1. The number of ether oxygens (including phenoxy) is 1. The van der Waals surface area contributed by atoms with Gasteiger partial charge in [-0.15, -0.1) is 0 Å². The summed E-state index contributed by atoms with van der Waals surface area (Å²) < 4.78 is 5.18. The molecule has 0 aliphatic carbocycles. The summed E-state index contributed by atoms with van der Waals surface area (Å²) in [5.74, 6) is 0.489. The van der Waals surface area contributed by atoms with Crippen molar-refractivity contribution in [3.8, 4) is 5.75 Å². The fourth-order valence-corrected chi connectivity index (χ4v) is 2.47. The largest absolute Gasteiger partial charge is 0.497 e. The number of hydrogen-bond acceptors (Lipinski definition) is 4. The molecule has 0 spiro atoms. The Morgan fingerprint density at radius 2 is 2.28 bits per heavy atom. The fourth-order valence-electron chi connectivity index (χ4n) is 2.47. The predicted octanol–water partition coefficient (Wildman–Crippen LogP) is 0.727. The summed E-state index contributed by atoms with van der Waals surface area (Å²) >= 11 is 0. The highest BCUT2D eigenvalue weighted by Gasteiger charge is 2.28. The molecule has 1 heterocycles. The molecule has 5 heteroatoms. The molecule has 1 amide bonds. The summed E-state index contributed by atoms with van der Waals surface area (Å²) in [5.41, 5.74) is 12.9. The van der Waals surface area contributed by atoms with Crippen LogP contribution in [0.4, 0.5) is 5.69 Å². The van der Waals surface area contributed by atoms with Gasteiger partial charge in [0.25, 0.3) is 0 Å². The van der Waals surface area contributed by atoms with Crippen molar-refractivity contribution in [3.63, 3.8) is 0 Å². The zero-order valence-corrected chi connectivity index (χ0v) is 10.6. The van der Waals surface area contributed by atoms with Gasteiger partial charge in [-0.25, -0.2) is 0 Å². The van der Waals surface area contributed by atoms with Gasteiger partial charge < -0.3 is 16.2 Å². The van der Waals surface area contributed by atoms with Crippen molar-refractivity contribution in [1.82, 2.24) is 4.90 Å². The average molecular weight is 249 g/mol. The second-order valence-corrected chi connectivity index (χ2v) is 4.65. The van der Waals surface area contributed by atoms with Crippen molar-refractivity contribution in [2.24, 2.45) is 5.73 Å². The first-order valence-electron chi connectivity index (χ1n) is 6.07. The van der Waals surface area contributed by atoms with E-state index in [2.05, 4.69) is 4.90 Å². The van der Waals surface area contributed by atoms with E-state index in [9.17, 15) is 4.79 Å². The molecule has 0 saturated carbocycles. The van der Waals surface area contributed by atoms with Crippen LogP contribution in [0.25, 0.3) is 0 Å². The summed E-state index contributed by atoms with van der Waals surface area (Å²) in [6.45, 7) is 1.57. The molecular weight excluding hydrogens is 230 g/mol. The molecule has 2 rings (SSSR count). The molecule has 18 heavy (non-hydrogen) atoms. The maximum atomic E-state index is 11.3. The molecule has 1 aliphatic heterocycles. The third kappa shape index (κ3) is 2.73. The summed E-state index contributed by atoms with van der Waals surface area (Å²) in [6.07, 6.45) is 1.85. The predicted molar refractivity (Wildman–Crippen MR) is 70.0 cm³/mol. The first-order chi connectivity index (χ1) is 8.60. The standard InChI is InChI=1S/C13H19N3O2/c1-18-11-6-9(5-10(14)7-11)8-16-4-2-3-12(16)13(15)17/h5-7,12H,2-4,8,14H2,1H3,(H2,15,17). The summed E-state index contributed by atoms with van der Waals surface area (Å²) in [5, 5.41) is 0. The van der Waals surface area contributed by atoms with Crippen LogP contribution in [-0.2, 0) is 11.3 Å². The molecule has 1 saturated heterocycles. The lowest BCUT2D eigenvalue weighted by Gasteiger charge is -2.22. The van der Waals surface area contributed by atoms with Crippen molar-refractivity contribution >= 4 is 11.6 Å². The molecule has 98 valence electrons. The Morgan fingerprint density at radius 1 is 1.50 bits per heavy atom. The molecule has 1 unspecified atom stereocenters. The third-order valence-electron chi connectivity index (χ3n) is 3.30. The van der Waals surface area contributed by atoms with E-state index in [1.807, 2.05) is 12.1 Å². The number of primary amides is 1. The molecule has 5 nitrogen and oxygen atoms in total. The van der Waals surface area contributed by atoms with Crippen molar-refractivity contribution in [1.29, 1.82) is 0 Å². The smallest absolute Gasteiger partial charge is 0.234 e. The lowest BCUT2D eigenvalue weighted by molar-refractivity contribution is -0.122. The van der Waals surface area contributed by atoms with E-state index in [-0.39, 0.29) is 11.9 Å². The number of carbonyl (C=O) groups is 1. The molecule has 1 aliphatic rings. The van der Waals surface area contributed by atoms with Crippen LogP contribution in [0.2, 0.25) is 0 Å². The number of anilines is 1. The number of nitrogen functional groups attached to an aromatic ring is 1. The van der Waals surface area contributed by atoms with Gasteiger partial charge in [0.1, 0.15) is 5.75 Å². The molecule has 0 radical (unpaired) electrons. The maximum Gasteiger partial charge on any atom is 0.234 e. The van der Waals surface area contributed by atoms with Gasteiger partial charge in [-0.1, -0.05) is 0 Å². The van der Waals surface area contributed by atoms with Crippen LogP contribution in [0.3, 0.4) is 0 Å². The van der Waals surface area contributed by atoms with Gasteiger partial charge in [-0.3, -0.25) is 9.69 Å². The fraction of sp³-hybridized carbons (Fsp3) is 0.462. The van der Waals surface area contributed by atoms with E-state index in [0.717, 1.165) is 30.7 Å². The minimum absolute atomic E-state index is 0.155. The van der Waals surface area contributed by atoms with Gasteiger partial charge in [-0.05, 0) is 37.1 Å². The minimum Gasteiger partial charge on any atom is -0.497 e. The lowest BCUT2D eigenvalue weighted by Crippen LogP contribution is -2.39. The number of nitrogens with two attached hydrogens (primary N) is 2. The zero-order valence-electron chi connectivity index (χ0n) is 10.6. The van der Waals surface area contributed by atoms with Crippen LogP contribution >= 0.6 is 0 Å². The highest BCUT2D eigenvalue weighted by atomic mass is 16.5. The number of methoxy groups -OCH3 is 1. The molecule has 1 aromatic rings. The second kappa shape index (κ2) is 5.27. The minimum atomic E-state index is -0.247. The van der Waals surface area contributed by atoms with Crippen molar-refractivity contribution in [2.75, 3.05) is 19.4 Å². The normalized spacial score (nSPS) is 19.9. The number of carbonyl (C=O) groups excluding carboxylic acids is 1. The van der Waals surface area contributed by atoms with Crippen molar-refractivity contribution in [3.05, 3.63) is 23.8 Å². The first kappa shape index (κ1) is 12.7. The Morgan fingerprint density at radius 3 is 2.94 bits per heavy atom. The molecule has 4 N–H and O–H groups in total. The van der Waals surface area contributed by atoms with Crippen LogP contribution in [0, 0.1) is 0 Å². The van der Waals surface area contributed by atoms with Crippen LogP contribution in [-0.4, -0.2) is 30.5 Å². The summed E-state index contributed by atoms with van der Waals surface area (Å²) in [6, 6.07) is 5.46. The van der Waals surface area contributed by atoms with E-state index < -0.39 is 0 Å². The van der Waals surface area contributed by atoms with E-state index in [1.165, 1.54) is 0 Å². The number of amides is 1. The quantitative estimate of drug-likeness (QED) is 0.771. The van der Waals surface area contributed by atoms with Crippen LogP contribution in [0.1, 0.15) is 18.4 Å².